The number of nitrogens with zero attached hydrogens (tertiary/aromatic N) is 1. The van der Waals surface area contributed by atoms with Crippen molar-refractivity contribution in [2.75, 3.05) is 30.5 Å². The number of halogens is 2. The van der Waals surface area contributed by atoms with E-state index in [4.69, 9.17) is 27.9 Å². The molecule has 0 atom stereocenters. The van der Waals surface area contributed by atoms with Crippen LogP contribution in [0.1, 0.15) is 22.3 Å². The third-order valence-electron chi connectivity index (χ3n) is 4.21. The van der Waals surface area contributed by atoms with Gasteiger partial charge in [-0.25, -0.2) is 0 Å². The summed E-state index contributed by atoms with van der Waals surface area (Å²) in [6.45, 7) is 0.659. The number of benzene rings is 2. The normalized spacial score (nSPS) is 13.3. The molecule has 0 radical (unpaired) electrons. The highest BCUT2D eigenvalue weighted by Crippen LogP contribution is 2.31. The second kappa shape index (κ2) is 8.08. The van der Waals surface area contributed by atoms with Crippen LogP contribution in [0.5, 0.6) is 0 Å². The molecule has 0 aliphatic carbocycles. The van der Waals surface area contributed by atoms with E-state index < -0.39 is 0 Å². The van der Waals surface area contributed by atoms with Gasteiger partial charge in [-0.3, -0.25) is 9.59 Å². The molecule has 0 fully saturated rings. The Balaban J connectivity index is 1.84. The summed E-state index contributed by atoms with van der Waals surface area (Å²) in [5, 5.41) is 3.57. The second-order valence-corrected chi connectivity index (χ2v) is 6.85. The van der Waals surface area contributed by atoms with E-state index in [2.05, 4.69) is 5.32 Å². The molecule has 3 rings (SSSR count). The molecule has 0 saturated carbocycles. The zero-order valence-corrected chi connectivity index (χ0v) is 15.7. The lowest BCUT2D eigenvalue weighted by Crippen LogP contribution is -2.37. The number of hydrogen-bond acceptors (Lipinski definition) is 3. The molecule has 2 aromatic carbocycles. The Labute approximate surface area is 161 Å². The minimum absolute atomic E-state index is 0.0242. The molecule has 0 spiro atoms. The summed E-state index contributed by atoms with van der Waals surface area (Å²) < 4.78 is 4.96. The Morgan fingerprint density at radius 3 is 2.73 bits per heavy atom. The number of hydrogen-bond donors (Lipinski definition) is 1. The maximum absolute atomic E-state index is 12.5. The number of nitrogens with one attached hydrogen (secondary N) is 1. The van der Waals surface area contributed by atoms with Crippen molar-refractivity contribution in [1.82, 2.24) is 0 Å². The molecule has 0 saturated heterocycles. The lowest BCUT2D eigenvalue weighted by molar-refractivity contribution is -0.122. The van der Waals surface area contributed by atoms with E-state index in [1.807, 2.05) is 18.2 Å². The molecule has 0 aromatic heterocycles. The van der Waals surface area contributed by atoms with Crippen LogP contribution in [0.4, 0.5) is 11.4 Å². The van der Waals surface area contributed by atoms with Crippen LogP contribution in [0.2, 0.25) is 10.0 Å². The third-order valence-corrected chi connectivity index (χ3v) is 4.75. The Morgan fingerprint density at radius 2 is 2.00 bits per heavy atom. The van der Waals surface area contributed by atoms with Crippen molar-refractivity contribution < 1.29 is 14.3 Å². The van der Waals surface area contributed by atoms with Crippen molar-refractivity contribution in [3.63, 3.8) is 0 Å². The Bertz CT molecular complexity index is 855. The van der Waals surface area contributed by atoms with Gasteiger partial charge in [-0.05, 0) is 48.7 Å². The van der Waals surface area contributed by atoms with Crippen LogP contribution in [0.3, 0.4) is 0 Å². The summed E-state index contributed by atoms with van der Waals surface area (Å²) >= 11 is 12.0. The number of anilines is 2. The fourth-order valence-electron chi connectivity index (χ4n) is 2.98. The molecule has 26 heavy (non-hydrogen) atoms. The smallest absolute Gasteiger partial charge is 0.257 e. The number of rotatable bonds is 4. The van der Waals surface area contributed by atoms with Gasteiger partial charge in [0.25, 0.3) is 11.8 Å². The van der Waals surface area contributed by atoms with Crippen molar-refractivity contribution in [2.45, 2.75) is 12.8 Å². The molecule has 1 N–H and O–H groups in total. The largest absolute Gasteiger partial charge is 0.375 e. The highest BCUT2D eigenvalue weighted by molar-refractivity contribution is 6.37. The first-order valence-corrected chi connectivity index (χ1v) is 8.94. The van der Waals surface area contributed by atoms with Gasteiger partial charge in [0.2, 0.25) is 0 Å². The van der Waals surface area contributed by atoms with Gasteiger partial charge < -0.3 is 15.0 Å². The van der Waals surface area contributed by atoms with E-state index in [1.54, 1.807) is 17.0 Å². The first-order valence-electron chi connectivity index (χ1n) is 8.18. The fraction of sp³-hybridized carbons (Fsp3) is 0.263. The quantitative estimate of drug-likeness (QED) is 0.848. The molecular formula is C19H18Cl2N2O3. The number of amides is 2. The molecule has 0 unspecified atom stereocenters. The summed E-state index contributed by atoms with van der Waals surface area (Å²) in [6, 6.07) is 10.3. The highest BCUT2D eigenvalue weighted by Gasteiger charge is 2.23. The molecule has 2 aromatic rings. The van der Waals surface area contributed by atoms with E-state index in [1.165, 1.54) is 13.2 Å². The lowest BCUT2D eigenvalue weighted by atomic mass is 10.0. The molecule has 136 valence electrons. The Morgan fingerprint density at radius 1 is 1.19 bits per heavy atom. The topological polar surface area (TPSA) is 58.6 Å². The molecular weight excluding hydrogens is 375 g/mol. The van der Waals surface area contributed by atoms with Gasteiger partial charge in [0, 0.05) is 30.1 Å². The van der Waals surface area contributed by atoms with Crippen LogP contribution in [0.25, 0.3) is 0 Å². The first kappa shape index (κ1) is 18.7. The molecule has 1 aliphatic rings. The minimum Gasteiger partial charge on any atom is -0.375 e. The van der Waals surface area contributed by atoms with E-state index >= 15 is 0 Å². The average Bonchev–Trinajstić information content (AvgIpc) is 2.61. The molecule has 5 nitrogen and oxygen atoms in total. The zero-order valence-electron chi connectivity index (χ0n) is 14.2. The summed E-state index contributed by atoms with van der Waals surface area (Å²) in [5.41, 5.74) is 2.81. The summed E-state index contributed by atoms with van der Waals surface area (Å²) in [7, 11) is 1.50. The van der Waals surface area contributed by atoms with Gasteiger partial charge in [-0.2, -0.15) is 0 Å². The van der Waals surface area contributed by atoms with Gasteiger partial charge in [0.05, 0.1) is 10.6 Å². The molecule has 0 bridgehead atoms. The van der Waals surface area contributed by atoms with Gasteiger partial charge >= 0.3 is 0 Å². The van der Waals surface area contributed by atoms with Crippen LogP contribution < -0.4 is 10.2 Å². The van der Waals surface area contributed by atoms with Gasteiger partial charge in [0.1, 0.15) is 6.61 Å². The second-order valence-electron chi connectivity index (χ2n) is 6.00. The van der Waals surface area contributed by atoms with E-state index in [-0.39, 0.29) is 23.4 Å². The number of aryl methyl sites for hydroxylation is 1. The maximum atomic E-state index is 12.5. The summed E-state index contributed by atoms with van der Waals surface area (Å²) in [6.07, 6.45) is 1.79. The van der Waals surface area contributed by atoms with Gasteiger partial charge in [-0.1, -0.05) is 29.3 Å². The van der Waals surface area contributed by atoms with Crippen LogP contribution in [-0.4, -0.2) is 32.1 Å². The van der Waals surface area contributed by atoms with Crippen molar-refractivity contribution in [3.05, 3.63) is 57.6 Å². The van der Waals surface area contributed by atoms with Crippen LogP contribution in [0.15, 0.2) is 36.4 Å². The van der Waals surface area contributed by atoms with Crippen LogP contribution in [-0.2, 0) is 16.0 Å². The van der Waals surface area contributed by atoms with Gasteiger partial charge in [0.15, 0.2) is 0 Å². The average molecular weight is 393 g/mol. The Kier molecular flexibility index (Phi) is 5.81. The highest BCUT2D eigenvalue weighted by atomic mass is 35.5. The summed E-state index contributed by atoms with van der Waals surface area (Å²) in [4.78, 5) is 26.5. The molecule has 1 aliphatic heterocycles. The van der Waals surface area contributed by atoms with Gasteiger partial charge in [-0.15, -0.1) is 0 Å². The first-order chi connectivity index (χ1) is 12.5. The monoisotopic (exact) mass is 392 g/mol. The lowest BCUT2D eigenvalue weighted by Gasteiger charge is -2.30. The van der Waals surface area contributed by atoms with Crippen molar-refractivity contribution in [3.8, 4) is 0 Å². The molecule has 1 heterocycles. The molecule has 7 heteroatoms. The third kappa shape index (κ3) is 4.01. The predicted molar refractivity (Wildman–Crippen MR) is 103 cm³/mol. The van der Waals surface area contributed by atoms with E-state index in [0.29, 0.717) is 22.8 Å². The zero-order chi connectivity index (χ0) is 18.7. The van der Waals surface area contributed by atoms with E-state index in [0.717, 1.165) is 24.1 Å². The number of carbonyl (C=O) groups is 2. The number of carbonyl (C=O) groups excluding carboxylic acids is 2. The van der Waals surface area contributed by atoms with Crippen LogP contribution in [0, 0.1) is 0 Å². The fourth-order valence-corrected chi connectivity index (χ4v) is 3.48. The SMILES string of the molecule is COCC(=O)N1CCCc2ccc(NC(=O)c3ccc(Cl)cc3Cl)cc21. The minimum atomic E-state index is -0.336. The maximum Gasteiger partial charge on any atom is 0.257 e. The van der Waals surface area contributed by atoms with Crippen molar-refractivity contribution >= 4 is 46.4 Å². The number of ether oxygens (including phenoxy) is 1. The van der Waals surface area contributed by atoms with Crippen molar-refractivity contribution in [2.24, 2.45) is 0 Å². The van der Waals surface area contributed by atoms with E-state index in [9.17, 15) is 9.59 Å². The van der Waals surface area contributed by atoms with Crippen LogP contribution >= 0.6 is 23.2 Å². The van der Waals surface area contributed by atoms with Crippen molar-refractivity contribution in [1.29, 1.82) is 0 Å². The Hall–Kier alpha value is -2.08. The predicted octanol–water partition coefficient (Wildman–Crippen LogP) is 4.17. The standard InChI is InChI=1S/C19H18Cl2N2O3/c1-26-11-18(24)23-8-2-3-12-4-6-14(10-17(12)23)22-19(25)15-7-5-13(20)9-16(15)21/h4-7,9-10H,2-3,8,11H2,1H3,(H,22,25). The summed E-state index contributed by atoms with van der Waals surface area (Å²) in [5.74, 6) is -0.435. The molecule has 2 amide bonds. The number of fused-ring (bicyclic) bond motifs is 1. The number of methoxy groups -OCH3 is 1.